The van der Waals surface area contributed by atoms with E-state index in [-0.39, 0.29) is 0 Å². The first-order valence-corrected chi connectivity index (χ1v) is 8.49. The van der Waals surface area contributed by atoms with Gasteiger partial charge >= 0.3 is 0 Å². The van der Waals surface area contributed by atoms with Gasteiger partial charge in [-0.2, -0.15) is 0 Å². The van der Waals surface area contributed by atoms with Gasteiger partial charge in [0.2, 0.25) is 0 Å². The predicted octanol–water partition coefficient (Wildman–Crippen LogP) is 4.98. The molecule has 4 heteroatoms. The second kappa shape index (κ2) is 6.29. The molecule has 1 heterocycles. The first kappa shape index (κ1) is 15.3. The molecule has 0 saturated heterocycles. The third-order valence-electron chi connectivity index (χ3n) is 4.10. The van der Waals surface area contributed by atoms with E-state index in [1.807, 2.05) is 24.3 Å². The molecule has 22 heavy (non-hydrogen) atoms. The fraction of sp³-hybridized carbons (Fsp3) is 0.389. The van der Waals surface area contributed by atoms with Gasteiger partial charge in [-0.1, -0.05) is 19.1 Å². The van der Waals surface area contributed by atoms with Crippen molar-refractivity contribution in [3.8, 4) is 5.75 Å². The highest BCUT2D eigenvalue weighted by Crippen LogP contribution is 2.48. The fourth-order valence-corrected chi connectivity index (χ4v) is 3.69. The largest absolute Gasteiger partial charge is 0.497 e. The summed E-state index contributed by atoms with van der Waals surface area (Å²) in [4.78, 5) is 5.40. The monoisotopic (exact) mass is 317 g/mol. The zero-order valence-electron chi connectivity index (χ0n) is 12.9. The van der Waals surface area contributed by atoms with Crippen molar-refractivity contribution in [3.05, 3.63) is 53.9 Å². The molecule has 2 nitrogen and oxygen atoms in total. The van der Waals surface area contributed by atoms with Crippen LogP contribution in [-0.4, -0.2) is 12.1 Å². The van der Waals surface area contributed by atoms with Gasteiger partial charge in [-0.25, -0.2) is 4.39 Å². The Morgan fingerprint density at radius 3 is 2.50 bits per heavy atom. The highest BCUT2D eigenvalue weighted by Gasteiger charge is 2.45. The maximum atomic E-state index is 14.5. The van der Waals surface area contributed by atoms with E-state index < -0.39 is 5.67 Å². The summed E-state index contributed by atoms with van der Waals surface area (Å²) in [5.74, 6) is 2.20. The van der Waals surface area contributed by atoms with Gasteiger partial charge < -0.3 is 4.74 Å². The smallest absolute Gasteiger partial charge is 0.153 e. The molecular formula is C18H20FNOS. The predicted molar refractivity (Wildman–Crippen MR) is 88.0 cm³/mol. The molecule has 0 N–H and O–H groups in total. The Labute approximate surface area is 135 Å². The van der Waals surface area contributed by atoms with E-state index in [1.54, 1.807) is 25.1 Å². The molecule has 0 unspecified atom stereocenters. The summed E-state index contributed by atoms with van der Waals surface area (Å²) in [5.41, 5.74) is 0.613. The molecule has 0 atom stereocenters. The van der Waals surface area contributed by atoms with Gasteiger partial charge in [0.1, 0.15) is 5.75 Å². The minimum atomic E-state index is -1.20. The zero-order chi connectivity index (χ0) is 15.6. The number of rotatable bonds is 5. The number of alkyl halides is 1. The second-order valence-corrected chi connectivity index (χ2v) is 7.04. The van der Waals surface area contributed by atoms with Crippen LogP contribution in [0.2, 0.25) is 0 Å². The Morgan fingerprint density at radius 2 is 1.95 bits per heavy atom. The Morgan fingerprint density at radius 1 is 1.23 bits per heavy atom. The van der Waals surface area contributed by atoms with Crippen molar-refractivity contribution in [1.29, 1.82) is 0 Å². The van der Waals surface area contributed by atoms with E-state index >= 15 is 0 Å². The number of pyridine rings is 1. The molecule has 2 aromatic rings. The first-order valence-electron chi connectivity index (χ1n) is 7.50. The van der Waals surface area contributed by atoms with Crippen molar-refractivity contribution in [1.82, 2.24) is 4.98 Å². The number of hydrogen-bond acceptors (Lipinski definition) is 3. The molecule has 116 valence electrons. The molecule has 0 aliphatic heterocycles. The van der Waals surface area contributed by atoms with E-state index in [2.05, 4.69) is 24.0 Å². The van der Waals surface area contributed by atoms with Crippen LogP contribution < -0.4 is 4.74 Å². The Hall–Kier alpha value is -1.55. The molecule has 0 radical (unpaired) electrons. The molecular weight excluding hydrogens is 297 g/mol. The van der Waals surface area contributed by atoms with Crippen molar-refractivity contribution in [2.45, 2.75) is 36.1 Å². The topological polar surface area (TPSA) is 22.1 Å². The summed E-state index contributed by atoms with van der Waals surface area (Å²) in [5, 5.41) is 0. The van der Waals surface area contributed by atoms with Crippen LogP contribution >= 0.6 is 11.8 Å². The maximum Gasteiger partial charge on any atom is 0.153 e. The third-order valence-corrected chi connectivity index (χ3v) is 5.16. The van der Waals surface area contributed by atoms with Crippen LogP contribution in [0.4, 0.5) is 4.39 Å². The number of aromatic nitrogens is 1. The molecule has 0 bridgehead atoms. The molecule has 1 saturated carbocycles. The number of nitrogens with zero attached hydrogens (tertiary/aromatic N) is 1. The molecule has 1 aromatic carbocycles. The van der Waals surface area contributed by atoms with Gasteiger partial charge in [-0.3, -0.25) is 4.98 Å². The van der Waals surface area contributed by atoms with E-state index in [4.69, 9.17) is 4.74 Å². The van der Waals surface area contributed by atoms with Crippen LogP contribution in [0.1, 0.15) is 31.0 Å². The van der Waals surface area contributed by atoms with Gasteiger partial charge in [0.05, 0.1) is 12.8 Å². The van der Waals surface area contributed by atoms with Gasteiger partial charge in [0.25, 0.3) is 0 Å². The molecule has 1 fully saturated rings. The van der Waals surface area contributed by atoms with E-state index in [1.165, 1.54) is 5.56 Å². The molecule has 0 amide bonds. The van der Waals surface area contributed by atoms with Crippen molar-refractivity contribution >= 4 is 11.8 Å². The number of halogens is 1. The Bertz CT molecular complexity index is 621. The van der Waals surface area contributed by atoms with E-state index in [0.717, 1.165) is 16.4 Å². The van der Waals surface area contributed by atoms with Crippen molar-refractivity contribution in [2.75, 3.05) is 7.11 Å². The minimum Gasteiger partial charge on any atom is -0.497 e. The lowest BCUT2D eigenvalue weighted by molar-refractivity contribution is 0.00720. The SMILES string of the molecule is COc1ccc(CSc2ccc(C3(F)CC(C)C3)nc2)cc1. The van der Waals surface area contributed by atoms with Crippen molar-refractivity contribution < 1.29 is 9.13 Å². The summed E-state index contributed by atoms with van der Waals surface area (Å²) < 4.78 is 19.6. The first-order chi connectivity index (χ1) is 10.6. The lowest BCUT2D eigenvalue weighted by Gasteiger charge is -2.39. The number of benzene rings is 1. The highest BCUT2D eigenvalue weighted by atomic mass is 32.2. The normalized spacial score (nSPS) is 23.9. The van der Waals surface area contributed by atoms with Crippen LogP contribution in [0.25, 0.3) is 0 Å². The molecule has 1 aliphatic carbocycles. The Balaban J connectivity index is 1.59. The van der Waals surface area contributed by atoms with Crippen molar-refractivity contribution in [2.24, 2.45) is 5.92 Å². The van der Waals surface area contributed by atoms with Crippen LogP contribution in [0.3, 0.4) is 0 Å². The van der Waals surface area contributed by atoms with Gasteiger partial charge in [-0.15, -0.1) is 11.8 Å². The van der Waals surface area contributed by atoms with Crippen LogP contribution in [0, 0.1) is 5.92 Å². The average Bonchev–Trinajstić information content (AvgIpc) is 2.52. The van der Waals surface area contributed by atoms with Gasteiger partial charge in [0.15, 0.2) is 5.67 Å². The lowest BCUT2D eigenvalue weighted by Crippen LogP contribution is -2.36. The minimum absolute atomic E-state index is 0.468. The fourth-order valence-electron chi connectivity index (χ4n) is 2.87. The van der Waals surface area contributed by atoms with Crippen molar-refractivity contribution in [3.63, 3.8) is 0 Å². The van der Waals surface area contributed by atoms with Crippen LogP contribution in [0.5, 0.6) is 5.75 Å². The van der Waals surface area contributed by atoms with Crippen LogP contribution in [0.15, 0.2) is 47.5 Å². The summed E-state index contributed by atoms with van der Waals surface area (Å²) in [6.07, 6.45) is 2.98. The van der Waals surface area contributed by atoms with E-state index in [9.17, 15) is 4.39 Å². The number of hydrogen-bond donors (Lipinski definition) is 0. The Kier molecular flexibility index (Phi) is 4.39. The molecule has 3 rings (SSSR count). The second-order valence-electron chi connectivity index (χ2n) is 5.99. The number of ether oxygens (including phenoxy) is 1. The zero-order valence-corrected chi connectivity index (χ0v) is 13.7. The third kappa shape index (κ3) is 3.27. The van der Waals surface area contributed by atoms with Gasteiger partial charge in [0, 0.05) is 16.8 Å². The molecule has 0 spiro atoms. The summed E-state index contributed by atoms with van der Waals surface area (Å²) in [6.45, 7) is 2.08. The quantitative estimate of drug-likeness (QED) is 0.726. The van der Waals surface area contributed by atoms with Crippen LogP contribution in [-0.2, 0) is 11.4 Å². The van der Waals surface area contributed by atoms with E-state index in [0.29, 0.717) is 24.5 Å². The lowest BCUT2D eigenvalue weighted by atomic mass is 9.71. The number of methoxy groups -OCH3 is 1. The van der Waals surface area contributed by atoms with Gasteiger partial charge in [-0.05, 0) is 48.6 Å². The summed E-state index contributed by atoms with van der Waals surface area (Å²) in [7, 11) is 1.66. The average molecular weight is 317 g/mol. The number of thioether (sulfide) groups is 1. The highest BCUT2D eigenvalue weighted by molar-refractivity contribution is 7.98. The standard InChI is InChI=1S/C18H20FNOS/c1-13-9-18(19,10-13)17-8-7-16(11-20-17)22-12-14-3-5-15(21-2)6-4-14/h3-8,11,13H,9-10,12H2,1-2H3. The molecule has 1 aromatic heterocycles. The summed E-state index contributed by atoms with van der Waals surface area (Å²) >= 11 is 1.71. The maximum absolute atomic E-state index is 14.5. The summed E-state index contributed by atoms with van der Waals surface area (Å²) in [6, 6.07) is 11.8. The molecule has 1 aliphatic rings.